The molecule has 2 aromatic rings. The Morgan fingerprint density at radius 2 is 2.05 bits per heavy atom. The number of phenols is 1. The smallest absolute Gasteiger partial charge is 0.316 e. The molecule has 0 aliphatic carbocycles. The van der Waals surface area contributed by atoms with Gasteiger partial charge in [0.1, 0.15) is 24.0 Å². The van der Waals surface area contributed by atoms with Crippen LogP contribution in [0.5, 0.6) is 11.5 Å². The first-order valence-electron chi connectivity index (χ1n) is 6.10. The molecule has 1 atom stereocenters. The second-order valence-electron chi connectivity index (χ2n) is 4.17. The van der Waals surface area contributed by atoms with Crippen LogP contribution in [0.1, 0.15) is 11.5 Å². The Morgan fingerprint density at radius 3 is 2.65 bits per heavy atom. The third kappa shape index (κ3) is 3.47. The number of methoxy groups -OCH3 is 1. The van der Waals surface area contributed by atoms with Gasteiger partial charge in [-0.25, -0.2) is 0 Å². The molecule has 0 radical (unpaired) electrons. The zero-order chi connectivity index (χ0) is 14.4. The van der Waals surface area contributed by atoms with Gasteiger partial charge in [-0.1, -0.05) is 6.07 Å². The molecule has 0 saturated carbocycles. The average molecular weight is 273 g/mol. The van der Waals surface area contributed by atoms with Gasteiger partial charge < -0.3 is 14.6 Å². The van der Waals surface area contributed by atoms with E-state index in [4.69, 9.17) is 9.47 Å². The molecule has 2 rings (SSSR count). The molecule has 1 aromatic carbocycles. The Hall–Kier alpha value is -2.56. The summed E-state index contributed by atoms with van der Waals surface area (Å²) >= 11 is 0. The highest BCUT2D eigenvalue weighted by Crippen LogP contribution is 2.20. The largest absolute Gasteiger partial charge is 0.508 e. The Balaban J connectivity index is 2.09. The number of rotatable bonds is 5. The van der Waals surface area contributed by atoms with Crippen molar-refractivity contribution in [3.05, 3.63) is 54.4 Å². The van der Waals surface area contributed by atoms with Crippen LogP contribution in [0.25, 0.3) is 0 Å². The molecule has 0 saturated heterocycles. The van der Waals surface area contributed by atoms with Crippen molar-refractivity contribution in [2.24, 2.45) is 0 Å². The lowest BCUT2D eigenvalue weighted by Crippen LogP contribution is -2.21. The van der Waals surface area contributed by atoms with E-state index in [2.05, 4.69) is 4.98 Å². The summed E-state index contributed by atoms with van der Waals surface area (Å²) in [5, 5.41) is 9.20. The number of aromatic nitrogens is 1. The van der Waals surface area contributed by atoms with Gasteiger partial charge in [-0.3, -0.25) is 9.78 Å². The predicted octanol–water partition coefficient (Wildman–Crippen LogP) is 2.12. The van der Waals surface area contributed by atoms with Gasteiger partial charge in [0.05, 0.1) is 7.11 Å². The van der Waals surface area contributed by atoms with Crippen molar-refractivity contribution >= 4 is 5.97 Å². The molecule has 1 heterocycles. The van der Waals surface area contributed by atoms with Gasteiger partial charge >= 0.3 is 5.97 Å². The number of carbonyl (C=O) groups is 1. The minimum atomic E-state index is -0.539. The van der Waals surface area contributed by atoms with Gasteiger partial charge in [0.2, 0.25) is 0 Å². The van der Waals surface area contributed by atoms with Crippen LogP contribution < -0.4 is 4.74 Å². The average Bonchev–Trinajstić information content (AvgIpc) is 2.50. The van der Waals surface area contributed by atoms with E-state index in [1.54, 1.807) is 36.7 Å². The van der Waals surface area contributed by atoms with Crippen LogP contribution in [0.2, 0.25) is 0 Å². The van der Waals surface area contributed by atoms with E-state index in [9.17, 15) is 9.90 Å². The molecule has 1 aromatic heterocycles. The standard InChI is InChI=1S/C15H15NO4/c1-19-15(18)14(11-3-2-8-16-9-11)10-20-13-6-4-12(17)5-7-13/h2-9,14,17H,10H2,1H3. The van der Waals surface area contributed by atoms with Crippen LogP contribution in [-0.2, 0) is 9.53 Å². The fourth-order valence-corrected chi connectivity index (χ4v) is 1.75. The van der Waals surface area contributed by atoms with E-state index in [1.807, 2.05) is 0 Å². The molecule has 0 bridgehead atoms. The number of hydrogen-bond donors (Lipinski definition) is 1. The topological polar surface area (TPSA) is 68.7 Å². The zero-order valence-corrected chi connectivity index (χ0v) is 11.0. The fourth-order valence-electron chi connectivity index (χ4n) is 1.75. The first kappa shape index (κ1) is 13.9. The number of aromatic hydroxyl groups is 1. The maximum absolute atomic E-state index is 11.8. The summed E-state index contributed by atoms with van der Waals surface area (Å²) in [7, 11) is 1.34. The highest BCUT2D eigenvalue weighted by Gasteiger charge is 2.22. The molecule has 0 aliphatic rings. The zero-order valence-electron chi connectivity index (χ0n) is 11.0. The molecule has 20 heavy (non-hydrogen) atoms. The number of benzene rings is 1. The van der Waals surface area contributed by atoms with Gasteiger partial charge in [0.15, 0.2) is 0 Å². The number of pyridine rings is 1. The van der Waals surface area contributed by atoms with Crippen LogP contribution in [0, 0.1) is 0 Å². The SMILES string of the molecule is COC(=O)C(COc1ccc(O)cc1)c1cccnc1. The normalized spacial score (nSPS) is 11.7. The summed E-state index contributed by atoms with van der Waals surface area (Å²) in [6.07, 6.45) is 3.25. The number of esters is 1. The summed E-state index contributed by atoms with van der Waals surface area (Å²) in [5.41, 5.74) is 0.734. The van der Waals surface area contributed by atoms with Crippen molar-refractivity contribution < 1.29 is 19.4 Å². The molecule has 0 aliphatic heterocycles. The third-order valence-electron chi connectivity index (χ3n) is 2.83. The second kappa shape index (κ2) is 6.56. The predicted molar refractivity (Wildman–Crippen MR) is 72.6 cm³/mol. The monoisotopic (exact) mass is 273 g/mol. The molecular formula is C15H15NO4. The van der Waals surface area contributed by atoms with Crippen LogP contribution in [0.3, 0.4) is 0 Å². The lowest BCUT2D eigenvalue weighted by molar-refractivity contribution is -0.143. The number of nitrogens with zero attached hydrogens (tertiary/aromatic N) is 1. The summed E-state index contributed by atoms with van der Waals surface area (Å²) in [6, 6.07) is 9.86. The van der Waals surface area contributed by atoms with Crippen molar-refractivity contribution in [2.75, 3.05) is 13.7 Å². The number of hydrogen-bond acceptors (Lipinski definition) is 5. The highest BCUT2D eigenvalue weighted by molar-refractivity contribution is 5.78. The Labute approximate surface area is 116 Å². The number of phenolic OH excluding ortho intramolecular Hbond substituents is 1. The third-order valence-corrected chi connectivity index (χ3v) is 2.83. The van der Waals surface area contributed by atoms with Crippen LogP contribution in [0.4, 0.5) is 0 Å². The summed E-state index contributed by atoms with van der Waals surface area (Å²) < 4.78 is 10.3. The van der Waals surface area contributed by atoms with Crippen molar-refractivity contribution in [3.8, 4) is 11.5 Å². The van der Waals surface area contributed by atoms with Gasteiger partial charge in [0, 0.05) is 12.4 Å². The first-order valence-corrected chi connectivity index (χ1v) is 6.10. The number of carbonyl (C=O) groups excluding carboxylic acids is 1. The van der Waals surface area contributed by atoms with Crippen molar-refractivity contribution in [3.63, 3.8) is 0 Å². The molecule has 0 spiro atoms. The molecule has 1 N–H and O–H groups in total. The van der Waals surface area contributed by atoms with E-state index in [0.717, 1.165) is 5.56 Å². The minimum absolute atomic E-state index is 0.142. The van der Waals surface area contributed by atoms with Crippen LogP contribution in [0.15, 0.2) is 48.8 Å². The maximum atomic E-state index is 11.8. The lowest BCUT2D eigenvalue weighted by atomic mass is 10.0. The summed E-state index contributed by atoms with van der Waals surface area (Å²) in [6.45, 7) is 0.142. The minimum Gasteiger partial charge on any atom is -0.508 e. The van der Waals surface area contributed by atoms with E-state index < -0.39 is 5.92 Å². The van der Waals surface area contributed by atoms with Crippen LogP contribution in [-0.4, -0.2) is 29.8 Å². The fraction of sp³-hybridized carbons (Fsp3) is 0.200. The molecule has 5 nitrogen and oxygen atoms in total. The van der Waals surface area contributed by atoms with E-state index >= 15 is 0 Å². The quantitative estimate of drug-likeness (QED) is 0.845. The van der Waals surface area contributed by atoms with Crippen LogP contribution >= 0.6 is 0 Å². The molecular weight excluding hydrogens is 258 g/mol. The van der Waals surface area contributed by atoms with E-state index in [1.165, 1.54) is 19.2 Å². The molecule has 0 fully saturated rings. The van der Waals surface area contributed by atoms with E-state index in [-0.39, 0.29) is 18.3 Å². The molecule has 0 amide bonds. The first-order chi connectivity index (χ1) is 9.70. The maximum Gasteiger partial charge on any atom is 0.316 e. The Bertz CT molecular complexity index is 554. The van der Waals surface area contributed by atoms with Gasteiger partial charge in [0.25, 0.3) is 0 Å². The molecule has 104 valence electrons. The van der Waals surface area contributed by atoms with Gasteiger partial charge in [-0.2, -0.15) is 0 Å². The Morgan fingerprint density at radius 1 is 1.30 bits per heavy atom. The lowest BCUT2D eigenvalue weighted by Gasteiger charge is -2.15. The number of ether oxygens (including phenoxy) is 2. The van der Waals surface area contributed by atoms with Crippen molar-refractivity contribution in [1.82, 2.24) is 4.98 Å². The second-order valence-corrected chi connectivity index (χ2v) is 4.17. The van der Waals surface area contributed by atoms with E-state index in [0.29, 0.717) is 5.75 Å². The van der Waals surface area contributed by atoms with Crippen molar-refractivity contribution in [2.45, 2.75) is 5.92 Å². The highest BCUT2D eigenvalue weighted by atomic mass is 16.5. The molecule has 5 heteroatoms. The Kier molecular flexibility index (Phi) is 4.55. The van der Waals surface area contributed by atoms with Gasteiger partial charge in [-0.15, -0.1) is 0 Å². The summed E-state index contributed by atoms with van der Waals surface area (Å²) in [4.78, 5) is 15.8. The summed E-state index contributed by atoms with van der Waals surface area (Å²) in [5.74, 6) is -0.186. The molecule has 1 unspecified atom stereocenters. The van der Waals surface area contributed by atoms with Crippen molar-refractivity contribution in [1.29, 1.82) is 0 Å². The van der Waals surface area contributed by atoms with Gasteiger partial charge in [-0.05, 0) is 35.9 Å².